The van der Waals surface area contributed by atoms with Crippen molar-refractivity contribution in [1.82, 2.24) is 0 Å². The summed E-state index contributed by atoms with van der Waals surface area (Å²) in [5, 5.41) is 0. The average molecular weight is 426 g/mol. The third kappa shape index (κ3) is 3.07. The van der Waals surface area contributed by atoms with Crippen molar-refractivity contribution in [2.75, 3.05) is 0 Å². The van der Waals surface area contributed by atoms with E-state index in [1.165, 1.54) is 12.1 Å². The first-order valence-electron chi connectivity index (χ1n) is 3.38. The largest absolute Gasteiger partial charge is 0.454 e. The number of carbonyl (C=O) groups is 1. The molecule has 1 aromatic carbocycles. The molecule has 1 rings (SSSR count). The number of hydrogen-bond donors (Lipinski definition) is 0. The number of alkyl halides is 3. The molecule has 0 spiro atoms. The van der Waals surface area contributed by atoms with Crippen molar-refractivity contribution in [3.63, 3.8) is 0 Å². The molecule has 0 saturated carbocycles. The van der Waals surface area contributed by atoms with Crippen LogP contribution in [0.2, 0.25) is 0 Å². The fourth-order valence-electron chi connectivity index (χ4n) is 0.849. The first-order valence-corrected chi connectivity index (χ1v) is 5.54. The van der Waals surface area contributed by atoms with Gasteiger partial charge in [0.2, 0.25) is 0 Å². The van der Waals surface area contributed by atoms with Gasteiger partial charge in [-0.15, -0.1) is 0 Å². The fraction of sp³-hybridized carbons (Fsp3) is 0.125. The molecule has 0 aliphatic carbocycles. The molecule has 0 unspecified atom stereocenters. The molecule has 1 nitrogen and oxygen atoms in total. The summed E-state index contributed by atoms with van der Waals surface area (Å²) < 4.78 is 37.4. The second-order valence-electron chi connectivity index (χ2n) is 2.49. The van der Waals surface area contributed by atoms with Gasteiger partial charge in [0.15, 0.2) is 0 Å². The number of carbonyl (C=O) groups excluding carboxylic acids is 1. The first kappa shape index (κ1) is 12.2. The van der Waals surface area contributed by atoms with Gasteiger partial charge in [-0.2, -0.15) is 13.2 Å². The molecule has 0 N–H and O–H groups in total. The molecule has 76 valence electrons. The molecule has 6 heteroatoms. The van der Waals surface area contributed by atoms with Gasteiger partial charge >= 0.3 is 6.18 Å². The minimum atomic E-state index is -4.80. The standard InChI is InChI=1S/C8H3F3I2O/c9-8(10,11)7(14)4-1-5(12)3-6(13)2-4/h1-3H. The van der Waals surface area contributed by atoms with Crippen LogP contribution in [0.5, 0.6) is 0 Å². The number of hydrogen-bond acceptors (Lipinski definition) is 1. The molecule has 0 heterocycles. The Kier molecular flexibility index (Phi) is 3.78. The quantitative estimate of drug-likeness (QED) is 0.496. The molecule has 0 aromatic heterocycles. The van der Waals surface area contributed by atoms with Crippen LogP contribution in [0.1, 0.15) is 10.4 Å². The summed E-state index contributed by atoms with van der Waals surface area (Å²) >= 11 is 3.74. The molecule has 0 aliphatic rings. The van der Waals surface area contributed by atoms with E-state index in [4.69, 9.17) is 0 Å². The van der Waals surface area contributed by atoms with E-state index in [-0.39, 0.29) is 5.56 Å². The van der Waals surface area contributed by atoms with Gasteiger partial charge in [0, 0.05) is 12.7 Å². The lowest BCUT2D eigenvalue weighted by atomic mass is 10.1. The van der Waals surface area contributed by atoms with Gasteiger partial charge in [-0.3, -0.25) is 4.79 Å². The van der Waals surface area contributed by atoms with E-state index in [0.29, 0.717) is 7.14 Å². The molecule has 0 aliphatic heterocycles. The van der Waals surface area contributed by atoms with E-state index in [9.17, 15) is 18.0 Å². The Morgan fingerprint density at radius 1 is 1.07 bits per heavy atom. The number of halogens is 5. The molecule has 0 amide bonds. The lowest BCUT2D eigenvalue weighted by Crippen LogP contribution is -2.22. The lowest BCUT2D eigenvalue weighted by Gasteiger charge is -2.05. The van der Waals surface area contributed by atoms with E-state index in [0.717, 1.165) is 0 Å². The predicted molar refractivity (Wildman–Crippen MR) is 62.3 cm³/mol. The molecular formula is C8H3F3I2O. The van der Waals surface area contributed by atoms with Crippen LogP contribution in [-0.4, -0.2) is 12.0 Å². The van der Waals surface area contributed by atoms with Gasteiger partial charge in [0.05, 0.1) is 0 Å². The average Bonchev–Trinajstić information content (AvgIpc) is 1.99. The van der Waals surface area contributed by atoms with Crippen LogP contribution in [0.4, 0.5) is 13.2 Å². The molecular weight excluding hydrogens is 423 g/mol. The van der Waals surface area contributed by atoms with E-state index in [1.54, 1.807) is 6.07 Å². The van der Waals surface area contributed by atoms with Gasteiger partial charge in [-0.1, -0.05) is 0 Å². The van der Waals surface area contributed by atoms with E-state index < -0.39 is 12.0 Å². The summed E-state index contributed by atoms with van der Waals surface area (Å²) in [4.78, 5) is 10.8. The van der Waals surface area contributed by atoms with Crippen molar-refractivity contribution >= 4 is 51.0 Å². The van der Waals surface area contributed by atoms with Crippen molar-refractivity contribution in [2.24, 2.45) is 0 Å². The maximum absolute atomic E-state index is 12.0. The minimum Gasteiger partial charge on any atom is -0.284 e. The molecule has 0 bridgehead atoms. The highest BCUT2D eigenvalue weighted by atomic mass is 127. The molecule has 1 aromatic rings. The van der Waals surface area contributed by atoms with E-state index in [2.05, 4.69) is 0 Å². The van der Waals surface area contributed by atoms with Crippen LogP contribution in [0.25, 0.3) is 0 Å². The minimum absolute atomic E-state index is 0.311. The fourth-order valence-corrected chi connectivity index (χ4v) is 2.79. The third-order valence-corrected chi connectivity index (χ3v) is 2.63. The second kappa shape index (κ2) is 4.33. The third-order valence-electron chi connectivity index (χ3n) is 1.38. The van der Waals surface area contributed by atoms with Gasteiger partial charge in [0.1, 0.15) is 0 Å². The SMILES string of the molecule is O=C(c1cc(I)cc(I)c1)C(F)(F)F. The Balaban J connectivity index is 3.14. The van der Waals surface area contributed by atoms with E-state index >= 15 is 0 Å². The Bertz CT molecular complexity index is 353. The number of Topliss-reactive ketones (excluding diaryl/α,β-unsaturated/α-hetero) is 1. The van der Waals surface area contributed by atoms with Gasteiger partial charge in [0.25, 0.3) is 5.78 Å². The summed E-state index contributed by atoms with van der Waals surface area (Å²) in [5.74, 6) is -1.80. The monoisotopic (exact) mass is 426 g/mol. The summed E-state index contributed by atoms with van der Waals surface area (Å²) in [6.07, 6.45) is -4.80. The van der Waals surface area contributed by atoms with Gasteiger partial charge < -0.3 is 0 Å². The first-order chi connectivity index (χ1) is 6.30. The van der Waals surface area contributed by atoms with Crippen molar-refractivity contribution in [1.29, 1.82) is 0 Å². The van der Waals surface area contributed by atoms with Crippen LogP contribution in [0, 0.1) is 7.14 Å². The Morgan fingerprint density at radius 3 is 1.86 bits per heavy atom. The molecule has 0 saturated heterocycles. The smallest absolute Gasteiger partial charge is 0.284 e. The Morgan fingerprint density at radius 2 is 1.50 bits per heavy atom. The van der Waals surface area contributed by atoms with Gasteiger partial charge in [-0.05, 0) is 63.4 Å². The summed E-state index contributed by atoms with van der Waals surface area (Å²) in [5.41, 5.74) is -0.311. The van der Waals surface area contributed by atoms with Crippen molar-refractivity contribution in [3.8, 4) is 0 Å². The highest BCUT2D eigenvalue weighted by Gasteiger charge is 2.39. The summed E-state index contributed by atoms with van der Waals surface area (Å²) in [6.45, 7) is 0. The number of rotatable bonds is 1. The molecule has 0 fully saturated rings. The Hall–Kier alpha value is 0.140. The topological polar surface area (TPSA) is 17.1 Å². The van der Waals surface area contributed by atoms with Crippen LogP contribution < -0.4 is 0 Å². The van der Waals surface area contributed by atoms with Crippen molar-refractivity contribution in [2.45, 2.75) is 6.18 Å². The highest BCUT2D eigenvalue weighted by molar-refractivity contribution is 14.1. The zero-order valence-corrected chi connectivity index (χ0v) is 10.8. The number of benzene rings is 1. The molecule has 0 atom stereocenters. The maximum Gasteiger partial charge on any atom is 0.454 e. The normalized spacial score (nSPS) is 11.5. The zero-order chi connectivity index (χ0) is 10.9. The van der Waals surface area contributed by atoms with Gasteiger partial charge in [-0.25, -0.2) is 0 Å². The van der Waals surface area contributed by atoms with Crippen molar-refractivity contribution in [3.05, 3.63) is 30.9 Å². The maximum atomic E-state index is 12.0. The van der Waals surface area contributed by atoms with E-state index in [1.807, 2.05) is 45.2 Å². The van der Waals surface area contributed by atoms with Crippen LogP contribution in [0.3, 0.4) is 0 Å². The summed E-state index contributed by atoms with van der Waals surface area (Å²) in [6, 6.07) is 4.13. The predicted octanol–water partition coefficient (Wildman–Crippen LogP) is 3.64. The number of ketones is 1. The molecule has 0 radical (unpaired) electrons. The van der Waals surface area contributed by atoms with Crippen molar-refractivity contribution < 1.29 is 18.0 Å². The highest BCUT2D eigenvalue weighted by Crippen LogP contribution is 2.23. The Labute approximate surface area is 105 Å². The lowest BCUT2D eigenvalue weighted by molar-refractivity contribution is -0.0885. The zero-order valence-electron chi connectivity index (χ0n) is 6.53. The second-order valence-corrected chi connectivity index (χ2v) is 4.98. The van der Waals surface area contributed by atoms with Crippen LogP contribution in [0.15, 0.2) is 18.2 Å². The summed E-state index contributed by atoms with van der Waals surface area (Å²) in [7, 11) is 0. The van der Waals surface area contributed by atoms with Crippen LogP contribution in [-0.2, 0) is 0 Å². The molecule has 14 heavy (non-hydrogen) atoms. The van der Waals surface area contributed by atoms with Crippen LogP contribution >= 0.6 is 45.2 Å².